The van der Waals surface area contributed by atoms with Crippen molar-refractivity contribution in [1.29, 1.82) is 0 Å². The van der Waals surface area contributed by atoms with E-state index in [1.807, 2.05) is 68.4 Å². The van der Waals surface area contributed by atoms with E-state index in [1.54, 1.807) is 0 Å². The normalized spacial score (nSPS) is 11.8. The lowest BCUT2D eigenvalue weighted by Crippen LogP contribution is -2.36. The number of carbonyl (C=O) groups excluding carboxylic acids is 1. The molecule has 0 aliphatic heterocycles. The third kappa shape index (κ3) is 6.85. The van der Waals surface area contributed by atoms with Crippen molar-refractivity contribution in [3.05, 3.63) is 60.2 Å². The topological polar surface area (TPSA) is 70.6 Å². The Hall–Kier alpha value is -2.53. The van der Waals surface area contributed by atoms with Gasteiger partial charge < -0.3 is 20.5 Å². The molecule has 0 saturated heterocycles. The summed E-state index contributed by atoms with van der Waals surface area (Å²) in [5, 5.41) is 15.3. The molecule has 0 aliphatic carbocycles. The van der Waals surface area contributed by atoms with Gasteiger partial charge in [-0.2, -0.15) is 0 Å². The Morgan fingerprint density at radius 3 is 2.48 bits per heavy atom. The molecule has 2 rings (SSSR count). The lowest BCUT2D eigenvalue weighted by atomic mass is 10.1. The average Bonchev–Trinajstić information content (AvgIpc) is 2.59. The molecule has 2 aromatic rings. The molecule has 0 fully saturated rings. The Bertz CT molecular complexity index is 659. The van der Waals surface area contributed by atoms with Crippen LogP contribution in [-0.2, 0) is 6.61 Å². The highest BCUT2D eigenvalue weighted by atomic mass is 16.5. The summed E-state index contributed by atoms with van der Waals surface area (Å²) in [7, 11) is 0. The van der Waals surface area contributed by atoms with Crippen LogP contribution in [0.5, 0.6) is 5.75 Å². The third-order valence-electron chi connectivity index (χ3n) is 3.64. The summed E-state index contributed by atoms with van der Waals surface area (Å²) in [4.78, 5) is 12.1. The van der Waals surface area contributed by atoms with Crippen molar-refractivity contribution < 1.29 is 14.6 Å². The Kier molecular flexibility index (Phi) is 7.29. The fourth-order valence-electron chi connectivity index (χ4n) is 2.45. The zero-order valence-corrected chi connectivity index (χ0v) is 14.7. The maximum Gasteiger partial charge on any atom is 0.319 e. The second kappa shape index (κ2) is 9.69. The molecule has 25 heavy (non-hydrogen) atoms. The number of carbonyl (C=O) groups is 1. The summed E-state index contributed by atoms with van der Waals surface area (Å²) in [5.74, 6) is 1.16. The third-order valence-corrected chi connectivity index (χ3v) is 3.64. The number of urea groups is 1. The quantitative estimate of drug-likeness (QED) is 0.683. The second-order valence-electron chi connectivity index (χ2n) is 6.38. The summed E-state index contributed by atoms with van der Waals surface area (Å²) in [6.07, 6.45) is 0.115. The van der Waals surface area contributed by atoms with E-state index in [9.17, 15) is 9.90 Å². The van der Waals surface area contributed by atoms with Crippen molar-refractivity contribution in [2.75, 3.05) is 11.9 Å². The lowest BCUT2D eigenvalue weighted by Gasteiger charge is -2.16. The van der Waals surface area contributed by atoms with Crippen LogP contribution in [0.25, 0.3) is 0 Å². The molecule has 0 saturated carbocycles. The van der Waals surface area contributed by atoms with Gasteiger partial charge in [-0.25, -0.2) is 4.79 Å². The molecule has 2 aromatic carbocycles. The maximum atomic E-state index is 12.1. The highest BCUT2D eigenvalue weighted by Crippen LogP contribution is 2.18. The molecule has 5 nitrogen and oxygen atoms in total. The smallest absolute Gasteiger partial charge is 0.319 e. The Morgan fingerprint density at radius 2 is 1.76 bits per heavy atom. The summed E-state index contributed by atoms with van der Waals surface area (Å²) in [6.45, 7) is 4.65. The molecule has 0 bridgehead atoms. The van der Waals surface area contributed by atoms with Crippen LogP contribution in [0, 0.1) is 5.92 Å². The number of hydrogen-bond acceptors (Lipinski definition) is 3. The van der Waals surface area contributed by atoms with Crippen LogP contribution in [0.3, 0.4) is 0 Å². The Balaban J connectivity index is 1.88. The van der Waals surface area contributed by atoms with Crippen molar-refractivity contribution in [2.45, 2.75) is 33.0 Å². The highest BCUT2D eigenvalue weighted by molar-refractivity contribution is 5.90. The molecule has 1 atom stereocenters. The number of aliphatic hydroxyl groups is 1. The van der Waals surface area contributed by atoms with E-state index in [4.69, 9.17) is 4.74 Å². The number of rotatable bonds is 8. The van der Waals surface area contributed by atoms with Gasteiger partial charge in [-0.3, -0.25) is 0 Å². The van der Waals surface area contributed by atoms with Gasteiger partial charge in [0, 0.05) is 17.8 Å². The molecule has 5 heteroatoms. The van der Waals surface area contributed by atoms with Crippen LogP contribution < -0.4 is 15.4 Å². The van der Waals surface area contributed by atoms with Crippen molar-refractivity contribution in [1.82, 2.24) is 5.32 Å². The van der Waals surface area contributed by atoms with Gasteiger partial charge in [-0.05, 0) is 30.5 Å². The Morgan fingerprint density at radius 1 is 1.08 bits per heavy atom. The van der Waals surface area contributed by atoms with Crippen LogP contribution in [0.1, 0.15) is 25.8 Å². The van der Waals surface area contributed by atoms with Gasteiger partial charge in [-0.1, -0.05) is 50.2 Å². The molecule has 3 N–H and O–H groups in total. The number of anilines is 1. The molecule has 0 aromatic heterocycles. The molecular weight excluding hydrogens is 316 g/mol. The fourth-order valence-corrected chi connectivity index (χ4v) is 2.45. The van der Waals surface area contributed by atoms with E-state index in [0.29, 0.717) is 24.6 Å². The number of hydrogen-bond donors (Lipinski definition) is 3. The second-order valence-corrected chi connectivity index (χ2v) is 6.38. The SMILES string of the molecule is CC(C)CC(O)CNC(=O)Nc1ccccc1COc1ccccc1. The summed E-state index contributed by atoms with van der Waals surface area (Å²) in [5.41, 5.74) is 1.57. The van der Waals surface area contributed by atoms with Gasteiger partial charge in [0.25, 0.3) is 0 Å². The fraction of sp³-hybridized carbons (Fsp3) is 0.350. The number of amides is 2. The van der Waals surface area contributed by atoms with Gasteiger partial charge in [0.2, 0.25) is 0 Å². The van der Waals surface area contributed by atoms with Crippen LogP contribution >= 0.6 is 0 Å². The van der Waals surface area contributed by atoms with E-state index in [2.05, 4.69) is 10.6 Å². The first kappa shape index (κ1) is 18.8. The summed E-state index contributed by atoms with van der Waals surface area (Å²) in [6, 6.07) is 16.7. The van der Waals surface area contributed by atoms with Gasteiger partial charge in [0.05, 0.1) is 6.10 Å². The minimum atomic E-state index is -0.539. The van der Waals surface area contributed by atoms with Crippen LogP contribution in [0.15, 0.2) is 54.6 Å². The zero-order chi connectivity index (χ0) is 18.1. The molecular formula is C20H26N2O3. The van der Waals surface area contributed by atoms with Crippen LogP contribution in [0.2, 0.25) is 0 Å². The largest absolute Gasteiger partial charge is 0.489 e. The minimum absolute atomic E-state index is 0.229. The monoisotopic (exact) mass is 342 g/mol. The highest BCUT2D eigenvalue weighted by Gasteiger charge is 2.10. The number of benzene rings is 2. The van der Waals surface area contributed by atoms with Crippen molar-refractivity contribution in [2.24, 2.45) is 5.92 Å². The first-order valence-corrected chi connectivity index (χ1v) is 8.53. The molecule has 0 heterocycles. The average molecular weight is 342 g/mol. The number of ether oxygens (including phenoxy) is 1. The predicted molar refractivity (Wildman–Crippen MR) is 99.7 cm³/mol. The first-order chi connectivity index (χ1) is 12.0. The minimum Gasteiger partial charge on any atom is -0.489 e. The van der Waals surface area contributed by atoms with E-state index in [-0.39, 0.29) is 12.6 Å². The first-order valence-electron chi connectivity index (χ1n) is 8.53. The van der Waals surface area contributed by atoms with E-state index in [1.165, 1.54) is 0 Å². The van der Waals surface area contributed by atoms with Crippen LogP contribution in [0.4, 0.5) is 10.5 Å². The molecule has 1 unspecified atom stereocenters. The predicted octanol–water partition coefficient (Wildman–Crippen LogP) is 3.79. The zero-order valence-electron chi connectivity index (χ0n) is 14.7. The molecule has 0 aliphatic rings. The number of aliphatic hydroxyl groups excluding tert-OH is 1. The molecule has 0 radical (unpaired) electrons. The Labute approximate surface area is 149 Å². The van der Waals surface area contributed by atoms with Gasteiger partial charge in [-0.15, -0.1) is 0 Å². The maximum absolute atomic E-state index is 12.1. The summed E-state index contributed by atoms with van der Waals surface area (Å²) < 4.78 is 5.74. The van der Waals surface area contributed by atoms with E-state index >= 15 is 0 Å². The lowest BCUT2D eigenvalue weighted by molar-refractivity contribution is 0.148. The molecule has 2 amide bonds. The van der Waals surface area contributed by atoms with Crippen molar-refractivity contribution in [3.63, 3.8) is 0 Å². The van der Waals surface area contributed by atoms with Gasteiger partial charge in [0.1, 0.15) is 12.4 Å². The van der Waals surface area contributed by atoms with Gasteiger partial charge >= 0.3 is 6.03 Å². The van der Waals surface area contributed by atoms with Crippen LogP contribution in [-0.4, -0.2) is 23.8 Å². The number of para-hydroxylation sites is 2. The standard InChI is InChI=1S/C20H26N2O3/c1-15(2)12-17(23)13-21-20(24)22-19-11-7-6-8-16(19)14-25-18-9-4-3-5-10-18/h3-11,15,17,23H,12-14H2,1-2H3,(H2,21,22,24). The number of nitrogens with one attached hydrogen (secondary N) is 2. The molecule has 134 valence electrons. The van der Waals surface area contributed by atoms with E-state index < -0.39 is 6.10 Å². The van der Waals surface area contributed by atoms with Crippen molar-refractivity contribution in [3.8, 4) is 5.75 Å². The van der Waals surface area contributed by atoms with Gasteiger partial charge in [0.15, 0.2) is 0 Å². The molecule has 0 spiro atoms. The summed E-state index contributed by atoms with van der Waals surface area (Å²) >= 11 is 0. The van der Waals surface area contributed by atoms with Crippen molar-refractivity contribution >= 4 is 11.7 Å². The van der Waals surface area contributed by atoms with E-state index in [0.717, 1.165) is 11.3 Å².